The number of amides is 1. The number of likely N-dealkylation sites (tertiary alicyclic amines) is 1. The largest absolute Gasteiger partial charge is 0.489 e. The van der Waals surface area contributed by atoms with Crippen molar-refractivity contribution < 1.29 is 19.1 Å². The van der Waals surface area contributed by atoms with Crippen molar-refractivity contribution in [2.24, 2.45) is 5.41 Å². The molecule has 8 heteroatoms. The third-order valence-electron chi connectivity index (χ3n) is 6.09. The van der Waals surface area contributed by atoms with Crippen LogP contribution < -0.4 is 10.3 Å². The van der Waals surface area contributed by atoms with Gasteiger partial charge in [-0.2, -0.15) is 0 Å². The first-order chi connectivity index (χ1) is 16.5. The van der Waals surface area contributed by atoms with Crippen LogP contribution in [0.15, 0.2) is 29.1 Å². The quantitative estimate of drug-likeness (QED) is 0.543. The number of ketones is 2. The third kappa shape index (κ3) is 6.87. The van der Waals surface area contributed by atoms with Crippen molar-refractivity contribution in [2.75, 3.05) is 13.7 Å². The molecule has 1 amide bonds. The van der Waals surface area contributed by atoms with E-state index in [1.165, 1.54) is 7.11 Å². The SMILES string of the molecule is COc1c(C(=O)CCC(=O)Cc2ccc(C)cc2)nc([C@H]2CCCN2C(=O)CC(C)(C)C)[nH]c1=O. The molecule has 0 radical (unpaired) electrons. The number of hydrogen-bond donors (Lipinski definition) is 1. The molecule has 35 heavy (non-hydrogen) atoms. The number of H-pyrrole nitrogens is 1. The van der Waals surface area contributed by atoms with Gasteiger partial charge in [-0.05, 0) is 30.7 Å². The second-order valence-corrected chi connectivity index (χ2v) is 10.4. The van der Waals surface area contributed by atoms with Crippen molar-refractivity contribution >= 4 is 17.5 Å². The zero-order valence-corrected chi connectivity index (χ0v) is 21.3. The van der Waals surface area contributed by atoms with E-state index in [4.69, 9.17) is 4.74 Å². The maximum atomic E-state index is 13.0. The first-order valence-corrected chi connectivity index (χ1v) is 12.1. The standard InChI is InChI=1S/C27H35N3O5/c1-17-8-10-18(11-9-17)15-19(31)12-13-21(32)23-24(35-5)26(34)29-25(28-23)20-7-6-14-30(20)22(33)16-27(2,3)4/h8-11,20H,6-7,12-16H2,1-5H3,(H,28,29,34)/t20-/m1/s1. The lowest BCUT2D eigenvalue weighted by atomic mass is 9.91. The smallest absolute Gasteiger partial charge is 0.294 e. The molecule has 1 aliphatic heterocycles. The zero-order valence-electron chi connectivity index (χ0n) is 21.3. The van der Waals surface area contributed by atoms with E-state index in [2.05, 4.69) is 9.97 Å². The van der Waals surface area contributed by atoms with Crippen molar-refractivity contribution in [2.45, 2.75) is 72.3 Å². The fourth-order valence-corrected chi connectivity index (χ4v) is 4.31. The highest BCUT2D eigenvalue weighted by molar-refractivity contribution is 5.98. The van der Waals surface area contributed by atoms with Crippen LogP contribution in [0.1, 0.15) is 86.4 Å². The number of nitrogens with one attached hydrogen (secondary N) is 1. The Kier molecular flexibility index (Phi) is 8.25. The first-order valence-electron chi connectivity index (χ1n) is 12.1. The monoisotopic (exact) mass is 481 g/mol. The molecule has 1 aromatic heterocycles. The first kappa shape index (κ1) is 26.3. The Bertz CT molecular complexity index is 1140. The van der Waals surface area contributed by atoms with Gasteiger partial charge in [0, 0.05) is 32.2 Å². The number of Topliss-reactive ketones (excluding diaryl/α,β-unsaturated/α-hetero) is 2. The number of aryl methyl sites for hydroxylation is 1. The van der Waals surface area contributed by atoms with Crippen LogP contribution in [0.25, 0.3) is 0 Å². The molecule has 1 aromatic carbocycles. The van der Waals surface area contributed by atoms with Crippen LogP contribution in [0, 0.1) is 12.3 Å². The lowest BCUT2D eigenvalue weighted by Crippen LogP contribution is -2.35. The number of aromatic nitrogens is 2. The maximum Gasteiger partial charge on any atom is 0.294 e. The van der Waals surface area contributed by atoms with Crippen LogP contribution in [0.5, 0.6) is 5.75 Å². The fraction of sp³-hybridized carbons (Fsp3) is 0.519. The number of nitrogens with zero attached hydrogens (tertiary/aromatic N) is 2. The number of hydrogen-bond acceptors (Lipinski definition) is 6. The lowest BCUT2D eigenvalue weighted by molar-refractivity contribution is -0.134. The van der Waals surface area contributed by atoms with Crippen LogP contribution in [0.3, 0.4) is 0 Å². The van der Waals surface area contributed by atoms with Gasteiger partial charge in [-0.15, -0.1) is 0 Å². The predicted octanol–water partition coefficient (Wildman–Crippen LogP) is 3.96. The van der Waals surface area contributed by atoms with Gasteiger partial charge in [-0.1, -0.05) is 50.6 Å². The second kappa shape index (κ2) is 11.0. The van der Waals surface area contributed by atoms with Gasteiger partial charge in [0.15, 0.2) is 11.5 Å². The van der Waals surface area contributed by atoms with Gasteiger partial charge in [0.25, 0.3) is 5.56 Å². The average Bonchev–Trinajstić information content (AvgIpc) is 3.27. The zero-order chi connectivity index (χ0) is 25.8. The van der Waals surface area contributed by atoms with E-state index in [0.717, 1.165) is 17.5 Å². The van der Waals surface area contributed by atoms with E-state index in [1.54, 1.807) is 4.90 Å². The van der Waals surface area contributed by atoms with E-state index < -0.39 is 17.4 Å². The number of carbonyl (C=O) groups is 3. The Balaban J connectivity index is 1.76. The summed E-state index contributed by atoms with van der Waals surface area (Å²) in [6.45, 7) is 8.55. The Morgan fingerprint density at radius 2 is 1.83 bits per heavy atom. The molecule has 1 saturated heterocycles. The Morgan fingerprint density at radius 3 is 2.46 bits per heavy atom. The summed E-state index contributed by atoms with van der Waals surface area (Å²) >= 11 is 0. The predicted molar refractivity (Wildman–Crippen MR) is 133 cm³/mol. The lowest BCUT2D eigenvalue weighted by Gasteiger charge is -2.27. The topological polar surface area (TPSA) is 109 Å². The van der Waals surface area contributed by atoms with E-state index in [0.29, 0.717) is 19.4 Å². The van der Waals surface area contributed by atoms with Crippen LogP contribution in [0.4, 0.5) is 0 Å². The normalized spacial score (nSPS) is 15.8. The summed E-state index contributed by atoms with van der Waals surface area (Å²) in [5.41, 5.74) is 1.17. The van der Waals surface area contributed by atoms with E-state index >= 15 is 0 Å². The van der Waals surface area contributed by atoms with Crippen molar-refractivity contribution in [3.8, 4) is 5.75 Å². The van der Waals surface area contributed by atoms with Gasteiger partial charge in [0.2, 0.25) is 11.7 Å². The highest BCUT2D eigenvalue weighted by atomic mass is 16.5. The van der Waals surface area contributed by atoms with Gasteiger partial charge in [0.1, 0.15) is 11.6 Å². The van der Waals surface area contributed by atoms with E-state index in [1.807, 2.05) is 52.0 Å². The van der Waals surface area contributed by atoms with Crippen molar-refractivity contribution in [1.29, 1.82) is 0 Å². The molecular weight excluding hydrogens is 446 g/mol. The molecule has 1 aliphatic rings. The highest BCUT2D eigenvalue weighted by Crippen LogP contribution is 2.33. The van der Waals surface area contributed by atoms with Gasteiger partial charge in [-0.25, -0.2) is 4.98 Å². The van der Waals surface area contributed by atoms with Crippen molar-refractivity contribution in [1.82, 2.24) is 14.9 Å². The number of ether oxygens (including phenoxy) is 1. The maximum absolute atomic E-state index is 13.0. The van der Waals surface area contributed by atoms with Gasteiger partial charge in [0.05, 0.1) is 13.2 Å². The molecule has 0 unspecified atom stereocenters. The summed E-state index contributed by atoms with van der Waals surface area (Å²) in [7, 11) is 1.31. The Morgan fingerprint density at radius 1 is 1.14 bits per heavy atom. The van der Waals surface area contributed by atoms with Crippen molar-refractivity contribution in [3.05, 3.63) is 57.3 Å². The minimum atomic E-state index is -0.568. The Hall–Kier alpha value is -3.29. The summed E-state index contributed by atoms with van der Waals surface area (Å²) in [4.78, 5) is 60.0. The highest BCUT2D eigenvalue weighted by Gasteiger charge is 2.34. The summed E-state index contributed by atoms with van der Waals surface area (Å²) in [6, 6.07) is 7.28. The van der Waals surface area contributed by atoms with E-state index in [9.17, 15) is 19.2 Å². The molecule has 1 atom stereocenters. The molecule has 0 bridgehead atoms. The minimum Gasteiger partial charge on any atom is -0.489 e. The molecule has 8 nitrogen and oxygen atoms in total. The number of aromatic amines is 1. The number of benzene rings is 1. The molecule has 0 spiro atoms. The number of carbonyl (C=O) groups excluding carboxylic acids is 3. The molecule has 2 aromatic rings. The van der Waals surface area contributed by atoms with Gasteiger partial charge < -0.3 is 14.6 Å². The number of rotatable bonds is 9. The molecule has 188 valence electrons. The summed E-state index contributed by atoms with van der Waals surface area (Å²) in [5, 5.41) is 0. The van der Waals surface area contributed by atoms with Crippen LogP contribution in [-0.2, 0) is 16.0 Å². The summed E-state index contributed by atoms with van der Waals surface area (Å²) in [5.74, 6) is -0.397. The number of methoxy groups -OCH3 is 1. The molecule has 2 heterocycles. The third-order valence-corrected chi connectivity index (χ3v) is 6.09. The summed E-state index contributed by atoms with van der Waals surface area (Å²) in [6.07, 6.45) is 2.01. The summed E-state index contributed by atoms with van der Waals surface area (Å²) < 4.78 is 5.18. The minimum absolute atomic E-state index is 0.00644. The van der Waals surface area contributed by atoms with Crippen molar-refractivity contribution in [3.63, 3.8) is 0 Å². The van der Waals surface area contributed by atoms with Crippen LogP contribution in [0.2, 0.25) is 0 Å². The molecule has 1 fully saturated rings. The molecule has 0 saturated carbocycles. The van der Waals surface area contributed by atoms with E-state index in [-0.39, 0.29) is 53.6 Å². The van der Waals surface area contributed by atoms with Gasteiger partial charge >= 0.3 is 0 Å². The Labute approximate surface area is 206 Å². The fourth-order valence-electron chi connectivity index (χ4n) is 4.31. The molecule has 3 rings (SSSR count). The molecule has 0 aliphatic carbocycles. The van der Waals surface area contributed by atoms with Crippen LogP contribution >= 0.6 is 0 Å². The second-order valence-electron chi connectivity index (χ2n) is 10.4. The van der Waals surface area contributed by atoms with Crippen LogP contribution in [-0.4, -0.2) is 46.0 Å². The molecular formula is C27H35N3O5. The average molecular weight is 482 g/mol. The molecule has 1 N–H and O–H groups in total. The van der Waals surface area contributed by atoms with Gasteiger partial charge in [-0.3, -0.25) is 19.2 Å².